The molecular weight excluding hydrogens is 256 g/mol. The topological polar surface area (TPSA) is 80.5 Å². The molecule has 0 aromatic heterocycles. The zero-order valence-corrected chi connectivity index (χ0v) is 11.0. The summed E-state index contributed by atoms with van der Waals surface area (Å²) in [6, 6.07) is 4.70. The van der Waals surface area contributed by atoms with Crippen LogP contribution in [0.15, 0.2) is 18.2 Å². The van der Waals surface area contributed by atoms with Crippen LogP contribution in [0.5, 0.6) is 0 Å². The van der Waals surface area contributed by atoms with E-state index in [0.29, 0.717) is 12.0 Å². The average molecular weight is 270 g/mol. The van der Waals surface area contributed by atoms with E-state index in [-0.39, 0.29) is 18.3 Å². The van der Waals surface area contributed by atoms with Crippen molar-refractivity contribution in [2.75, 3.05) is 6.26 Å². The first-order valence-electron chi connectivity index (χ1n) is 5.52. The number of nitro groups is 1. The summed E-state index contributed by atoms with van der Waals surface area (Å²) in [4.78, 5) is 10.5. The maximum Gasteiger partial charge on any atom is 0.274 e. The Balaban J connectivity index is 2.52. The fourth-order valence-electron chi connectivity index (χ4n) is 2.34. The monoisotopic (exact) mass is 270 g/mol. The fraction of sp³-hybridized carbons (Fsp3) is 0.455. The van der Waals surface area contributed by atoms with E-state index in [4.69, 9.17) is 0 Å². The van der Waals surface area contributed by atoms with Crippen LogP contribution in [0.3, 0.4) is 0 Å². The van der Waals surface area contributed by atoms with Crippen LogP contribution < -0.4 is 0 Å². The number of sulfonamides is 1. The first-order chi connectivity index (χ1) is 8.30. The van der Waals surface area contributed by atoms with Crippen molar-refractivity contribution < 1.29 is 13.3 Å². The smallest absolute Gasteiger partial charge is 0.258 e. The fourth-order valence-corrected chi connectivity index (χ4v) is 3.43. The standard InChI is InChI=1S/C11H14N2O4S/c1-8-6-9-4-3-5-11(13(14)15)10(9)7-12(8)18(2,16)17/h3-5,8H,6-7H2,1-2H3. The Morgan fingerprint density at radius 2 is 2.11 bits per heavy atom. The summed E-state index contributed by atoms with van der Waals surface area (Å²) in [7, 11) is -3.35. The van der Waals surface area contributed by atoms with E-state index in [1.807, 2.05) is 13.0 Å². The van der Waals surface area contributed by atoms with Crippen LogP contribution in [0.25, 0.3) is 0 Å². The lowest BCUT2D eigenvalue weighted by Gasteiger charge is -2.32. The van der Waals surface area contributed by atoms with E-state index in [9.17, 15) is 18.5 Å². The van der Waals surface area contributed by atoms with Gasteiger partial charge in [0, 0.05) is 24.2 Å². The molecule has 1 heterocycles. The summed E-state index contributed by atoms with van der Waals surface area (Å²) in [6.45, 7) is 1.88. The zero-order chi connectivity index (χ0) is 13.5. The van der Waals surface area contributed by atoms with Crippen molar-refractivity contribution in [2.24, 2.45) is 0 Å². The highest BCUT2D eigenvalue weighted by molar-refractivity contribution is 7.88. The predicted molar refractivity (Wildman–Crippen MR) is 66.6 cm³/mol. The zero-order valence-electron chi connectivity index (χ0n) is 10.2. The molecule has 1 aromatic carbocycles. The van der Waals surface area contributed by atoms with Crippen LogP contribution in [-0.2, 0) is 23.0 Å². The minimum Gasteiger partial charge on any atom is -0.258 e. The van der Waals surface area contributed by atoms with Crippen molar-refractivity contribution in [2.45, 2.75) is 25.9 Å². The maximum atomic E-state index is 11.6. The van der Waals surface area contributed by atoms with Crippen LogP contribution in [0.2, 0.25) is 0 Å². The van der Waals surface area contributed by atoms with E-state index < -0.39 is 14.9 Å². The predicted octanol–water partition coefficient (Wildman–Crippen LogP) is 1.30. The third-order valence-corrected chi connectivity index (χ3v) is 4.53. The van der Waals surface area contributed by atoms with E-state index in [1.54, 1.807) is 6.07 Å². The molecule has 98 valence electrons. The van der Waals surface area contributed by atoms with Crippen molar-refractivity contribution in [1.82, 2.24) is 4.31 Å². The molecule has 0 fully saturated rings. The molecule has 0 N–H and O–H groups in total. The second-order valence-corrected chi connectivity index (χ2v) is 6.47. The van der Waals surface area contributed by atoms with Gasteiger partial charge in [0.15, 0.2) is 0 Å². The number of nitro benzene ring substituents is 1. The molecule has 0 aliphatic carbocycles. The van der Waals surface area contributed by atoms with Gasteiger partial charge in [-0.15, -0.1) is 0 Å². The number of hydrogen-bond donors (Lipinski definition) is 0. The number of hydrogen-bond acceptors (Lipinski definition) is 4. The van der Waals surface area contributed by atoms with Gasteiger partial charge in [0.05, 0.1) is 11.2 Å². The molecule has 0 spiro atoms. The van der Waals surface area contributed by atoms with Crippen molar-refractivity contribution in [3.63, 3.8) is 0 Å². The number of rotatable bonds is 2. The van der Waals surface area contributed by atoms with Gasteiger partial charge < -0.3 is 0 Å². The van der Waals surface area contributed by atoms with E-state index in [0.717, 1.165) is 11.8 Å². The molecule has 0 saturated heterocycles. The Morgan fingerprint density at radius 1 is 1.44 bits per heavy atom. The first-order valence-corrected chi connectivity index (χ1v) is 7.37. The van der Waals surface area contributed by atoms with Gasteiger partial charge >= 0.3 is 0 Å². The molecule has 18 heavy (non-hydrogen) atoms. The molecular formula is C11H14N2O4S. The third-order valence-electron chi connectivity index (χ3n) is 3.19. The Morgan fingerprint density at radius 3 is 2.67 bits per heavy atom. The molecule has 6 nitrogen and oxygen atoms in total. The lowest BCUT2D eigenvalue weighted by Crippen LogP contribution is -2.42. The van der Waals surface area contributed by atoms with E-state index in [2.05, 4.69) is 0 Å². The van der Waals surface area contributed by atoms with Gasteiger partial charge in [-0.2, -0.15) is 4.31 Å². The highest BCUT2D eigenvalue weighted by Gasteiger charge is 2.32. The number of nitrogens with zero attached hydrogens (tertiary/aromatic N) is 2. The highest BCUT2D eigenvalue weighted by atomic mass is 32.2. The molecule has 1 aromatic rings. The van der Waals surface area contributed by atoms with Gasteiger partial charge in [-0.1, -0.05) is 12.1 Å². The lowest BCUT2D eigenvalue weighted by atomic mass is 9.95. The van der Waals surface area contributed by atoms with Crippen LogP contribution in [-0.4, -0.2) is 29.9 Å². The van der Waals surface area contributed by atoms with E-state index in [1.165, 1.54) is 10.4 Å². The normalized spacial score (nSPS) is 20.4. The number of fused-ring (bicyclic) bond motifs is 1. The summed E-state index contributed by atoms with van der Waals surface area (Å²) < 4.78 is 24.6. The second-order valence-electron chi connectivity index (χ2n) is 4.53. The van der Waals surface area contributed by atoms with Crippen molar-refractivity contribution in [1.29, 1.82) is 0 Å². The molecule has 7 heteroatoms. The van der Waals surface area contributed by atoms with Gasteiger partial charge in [-0.25, -0.2) is 8.42 Å². The second kappa shape index (κ2) is 4.33. The molecule has 1 atom stereocenters. The Kier molecular flexibility index (Phi) is 3.12. The van der Waals surface area contributed by atoms with Gasteiger partial charge in [0.25, 0.3) is 5.69 Å². The van der Waals surface area contributed by atoms with Crippen LogP contribution in [0.1, 0.15) is 18.1 Å². The lowest BCUT2D eigenvalue weighted by molar-refractivity contribution is -0.385. The molecule has 0 bridgehead atoms. The summed E-state index contributed by atoms with van der Waals surface area (Å²) in [6.07, 6.45) is 1.63. The largest absolute Gasteiger partial charge is 0.274 e. The average Bonchev–Trinajstić information content (AvgIpc) is 2.25. The van der Waals surface area contributed by atoms with Crippen LogP contribution >= 0.6 is 0 Å². The van der Waals surface area contributed by atoms with E-state index >= 15 is 0 Å². The minimum absolute atomic E-state index is 0.00644. The molecule has 1 aliphatic heterocycles. The quantitative estimate of drug-likeness (QED) is 0.599. The Labute approximate surface area is 105 Å². The molecule has 1 aliphatic rings. The van der Waals surface area contributed by atoms with Gasteiger partial charge in [-0.3, -0.25) is 10.1 Å². The molecule has 1 unspecified atom stereocenters. The Hall–Kier alpha value is -1.47. The molecule has 0 radical (unpaired) electrons. The Bertz CT molecular complexity index is 597. The van der Waals surface area contributed by atoms with Crippen LogP contribution in [0, 0.1) is 10.1 Å². The maximum absolute atomic E-state index is 11.6. The first kappa shape index (κ1) is 13.0. The molecule has 2 rings (SSSR count). The van der Waals surface area contributed by atoms with Gasteiger partial charge in [0.2, 0.25) is 10.0 Å². The van der Waals surface area contributed by atoms with Crippen molar-refractivity contribution >= 4 is 15.7 Å². The minimum atomic E-state index is -3.35. The highest BCUT2D eigenvalue weighted by Crippen LogP contribution is 2.31. The van der Waals surface area contributed by atoms with Crippen LogP contribution in [0.4, 0.5) is 5.69 Å². The summed E-state index contributed by atoms with van der Waals surface area (Å²) >= 11 is 0. The number of benzene rings is 1. The van der Waals surface area contributed by atoms with Crippen molar-refractivity contribution in [3.8, 4) is 0 Å². The third kappa shape index (κ3) is 2.23. The van der Waals surface area contributed by atoms with Gasteiger partial charge in [0.1, 0.15) is 0 Å². The summed E-state index contributed by atoms with van der Waals surface area (Å²) in [5, 5.41) is 10.9. The SMILES string of the molecule is CC1Cc2cccc([N+](=O)[O-])c2CN1S(C)(=O)=O. The molecule has 0 saturated carbocycles. The van der Waals surface area contributed by atoms with Crippen molar-refractivity contribution in [3.05, 3.63) is 39.4 Å². The summed E-state index contributed by atoms with van der Waals surface area (Å²) in [5.74, 6) is 0. The van der Waals surface area contributed by atoms with Gasteiger partial charge in [-0.05, 0) is 18.9 Å². The summed E-state index contributed by atoms with van der Waals surface area (Å²) in [5.41, 5.74) is 1.36. The molecule has 0 amide bonds.